The minimum absolute atomic E-state index is 1.28. The van der Waals surface area contributed by atoms with E-state index >= 15 is 0 Å². The summed E-state index contributed by atoms with van der Waals surface area (Å²) < 4.78 is 0. The summed E-state index contributed by atoms with van der Waals surface area (Å²) in [6.07, 6.45) is 31.1. The van der Waals surface area contributed by atoms with Crippen molar-refractivity contribution in [1.82, 2.24) is 0 Å². The molecule has 0 aliphatic carbocycles. The zero-order valence-corrected chi connectivity index (χ0v) is 20.9. The number of hydrogen-bond donors (Lipinski definition) is 0. The summed E-state index contributed by atoms with van der Waals surface area (Å²) in [6.45, 7) is 4.60. The average molecular weight is 415 g/mol. The van der Waals surface area contributed by atoms with Gasteiger partial charge in [-0.3, -0.25) is 0 Å². The highest BCUT2D eigenvalue weighted by Gasteiger charge is 1.99. The highest BCUT2D eigenvalue weighted by atomic mass is 14.0. The van der Waals surface area contributed by atoms with Crippen molar-refractivity contribution in [3.8, 4) is 0 Å². The van der Waals surface area contributed by atoms with Crippen molar-refractivity contribution in [3.05, 3.63) is 35.4 Å². The Kier molecular flexibility index (Phi) is 19.5. The molecule has 0 aliphatic heterocycles. The van der Waals surface area contributed by atoms with E-state index in [9.17, 15) is 0 Å². The molecule has 0 aliphatic rings. The van der Waals surface area contributed by atoms with Crippen LogP contribution in [0.4, 0.5) is 0 Å². The Balaban J connectivity index is 1.95. The molecule has 0 heteroatoms. The molecule has 0 amide bonds. The quantitative estimate of drug-likeness (QED) is 0.165. The minimum Gasteiger partial charge on any atom is -0.0654 e. The molecular weight excluding hydrogens is 360 g/mol. The normalized spacial score (nSPS) is 11.3. The molecule has 0 N–H and O–H groups in total. The average Bonchev–Trinajstić information content (AvgIpc) is 2.76. The van der Waals surface area contributed by atoms with Crippen molar-refractivity contribution >= 4 is 0 Å². The van der Waals surface area contributed by atoms with Crippen LogP contribution in [-0.4, -0.2) is 0 Å². The Labute approximate surface area is 190 Å². The lowest BCUT2D eigenvalue weighted by molar-refractivity contribution is 0.544. The summed E-state index contributed by atoms with van der Waals surface area (Å²) in [5, 5.41) is 0. The van der Waals surface area contributed by atoms with Gasteiger partial charge in [0.1, 0.15) is 0 Å². The molecule has 0 fully saturated rings. The zero-order valence-electron chi connectivity index (χ0n) is 20.9. The molecule has 0 heterocycles. The zero-order chi connectivity index (χ0) is 21.5. The van der Waals surface area contributed by atoms with Crippen molar-refractivity contribution in [3.63, 3.8) is 0 Å². The SMILES string of the molecule is CCCCCCCCCCCCCCc1cccc(CCCCCCCCCC)c1. The van der Waals surface area contributed by atoms with E-state index in [0.717, 1.165) is 0 Å². The largest absolute Gasteiger partial charge is 0.0654 e. The molecule has 0 aromatic heterocycles. The van der Waals surface area contributed by atoms with Gasteiger partial charge >= 0.3 is 0 Å². The van der Waals surface area contributed by atoms with Crippen molar-refractivity contribution in [2.24, 2.45) is 0 Å². The number of hydrogen-bond acceptors (Lipinski definition) is 0. The molecule has 0 radical (unpaired) electrons. The van der Waals surface area contributed by atoms with Crippen LogP contribution in [0.2, 0.25) is 0 Å². The summed E-state index contributed by atoms with van der Waals surface area (Å²) in [5.41, 5.74) is 3.14. The van der Waals surface area contributed by atoms with Gasteiger partial charge in [-0.15, -0.1) is 0 Å². The topological polar surface area (TPSA) is 0 Å². The first kappa shape index (κ1) is 27.3. The second kappa shape index (κ2) is 21.5. The van der Waals surface area contributed by atoms with Crippen molar-refractivity contribution in [1.29, 1.82) is 0 Å². The van der Waals surface area contributed by atoms with Crippen LogP contribution < -0.4 is 0 Å². The summed E-state index contributed by atoms with van der Waals surface area (Å²) >= 11 is 0. The Hall–Kier alpha value is -0.780. The summed E-state index contributed by atoms with van der Waals surface area (Å²) in [5.74, 6) is 0. The first-order valence-electron chi connectivity index (χ1n) is 13.9. The van der Waals surface area contributed by atoms with Gasteiger partial charge in [-0.05, 0) is 36.8 Å². The van der Waals surface area contributed by atoms with Gasteiger partial charge in [0, 0.05) is 0 Å². The predicted octanol–water partition coefficient (Wildman–Crippen LogP) is 10.6. The molecule has 0 spiro atoms. The van der Waals surface area contributed by atoms with Crippen LogP contribution in [0.5, 0.6) is 0 Å². The fraction of sp³-hybridized carbons (Fsp3) is 0.800. The van der Waals surface area contributed by atoms with Gasteiger partial charge in [0.15, 0.2) is 0 Å². The molecular formula is C30H54. The third-order valence-corrected chi connectivity index (χ3v) is 6.63. The maximum absolute atomic E-state index is 2.49. The van der Waals surface area contributed by atoms with Crippen LogP contribution in [0.3, 0.4) is 0 Å². The summed E-state index contributed by atoms with van der Waals surface area (Å²) in [6, 6.07) is 9.46. The van der Waals surface area contributed by atoms with E-state index in [4.69, 9.17) is 0 Å². The van der Waals surface area contributed by atoms with E-state index < -0.39 is 0 Å². The molecule has 1 aromatic carbocycles. The number of rotatable bonds is 22. The van der Waals surface area contributed by atoms with Gasteiger partial charge < -0.3 is 0 Å². The second-order valence-electron chi connectivity index (χ2n) is 9.68. The van der Waals surface area contributed by atoms with Crippen LogP contribution >= 0.6 is 0 Å². The fourth-order valence-electron chi connectivity index (χ4n) is 4.57. The van der Waals surface area contributed by atoms with Gasteiger partial charge in [0.2, 0.25) is 0 Å². The molecule has 0 nitrogen and oxygen atoms in total. The number of unbranched alkanes of at least 4 members (excludes halogenated alkanes) is 18. The van der Waals surface area contributed by atoms with Crippen molar-refractivity contribution < 1.29 is 0 Å². The van der Waals surface area contributed by atoms with Gasteiger partial charge in [-0.2, -0.15) is 0 Å². The van der Waals surface area contributed by atoms with Crippen molar-refractivity contribution in [2.75, 3.05) is 0 Å². The molecule has 1 rings (SSSR count). The summed E-state index contributed by atoms with van der Waals surface area (Å²) in [4.78, 5) is 0. The maximum atomic E-state index is 2.49. The summed E-state index contributed by atoms with van der Waals surface area (Å²) in [7, 11) is 0. The molecule has 0 atom stereocenters. The highest BCUT2D eigenvalue weighted by Crippen LogP contribution is 2.16. The molecule has 30 heavy (non-hydrogen) atoms. The molecule has 1 aromatic rings. The smallest absolute Gasteiger partial charge is 0.0279 e. The third-order valence-electron chi connectivity index (χ3n) is 6.63. The maximum Gasteiger partial charge on any atom is -0.0279 e. The fourth-order valence-corrected chi connectivity index (χ4v) is 4.57. The standard InChI is InChI=1S/C30H54/c1-3-5-7-9-11-13-14-15-16-18-20-22-25-30-27-23-26-29(28-30)24-21-19-17-12-10-8-6-4-2/h23,26-28H,3-22,24-25H2,1-2H3. The van der Waals surface area contributed by atoms with E-state index in [1.54, 1.807) is 11.1 Å². The predicted molar refractivity (Wildman–Crippen MR) is 138 cm³/mol. The van der Waals surface area contributed by atoms with E-state index in [-0.39, 0.29) is 0 Å². The molecule has 0 unspecified atom stereocenters. The van der Waals surface area contributed by atoms with Crippen LogP contribution in [-0.2, 0) is 12.8 Å². The number of benzene rings is 1. The molecule has 174 valence electrons. The Morgan fingerprint density at radius 3 is 1.03 bits per heavy atom. The number of aryl methyl sites for hydroxylation is 2. The van der Waals surface area contributed by atoms with E-state index in [2.05, 4.69) is 38.1 Å². The van der Waals surface area contributed by atoms with Crippen LogP contribution in [0, 0.1) is 0 Å². The third kappa shape index (κ3) is 17.0. The van der Waals surface area contributed by atoms with Crippen LogP contribution in [0.15, 0.2) is 24.3 Å². The molecule has 0 bridgehead atoms. The lowest BCUT2D eigenvalue weighted by Crippen LogP contribution is -1.91. The van der Waals surface area contributed by atoms with E-state index in [1.165, 1.54) is 141 Å². The van der Waals surface area contributed by atoms with Gasteiger partial charge in [0.05, 0.1) is 0 Å². The lowest BCUT2D eigenvalue weighted by Gasteiger charge is -2.06. The van der Waals surface area contributed by atoms with Crippen LogP contribution in [0.1, 0.15) is 153 Å². The molecule has 0 saturated carbocycles. The monoisotopic (exact) mass is 414 g/mol. The lowest BCUT2D eigenvalue weighted by atomic mass is 9.99. The second-order valence-corrected chi connectivity index (χ2v) is 9.68. The Morgan fingerprint density at radius 2 is 0.700 bits per heavy atom. The first-order valence-corrected chi connectivity index (χ1v) is 13.9. The Morgan fingerprint density at radius 1 is 0.400 bits per heavy atom. The van der Waals surface area contributed by atoms with E-state index in [1.807, 2.05) is 0 Å². The highest BCUT2D eigenvalue weighted by molar-refractivity contribution is 5.23. The van der Waals surface area contributed by atoms with E-state index in [0.29, 0.717) is 0 Å². The van der Waals surface area contributed by atoms with Gasteiger partial charge in [-0.1, -0.05) is 154 Å². The van der Waals surface area contributed by atoms with Gasteiger partial charge in [-0.25, -0.2) is 0 Å². The van der Waals surface area contributed by atoms with Crippen molar-refractivity contribution in [2.45, 2.75) is 155 Å². The van der Waals surface area contributed by atoms with Crippen LogP contribution in [0.25, 0.3) is 0 Å². The first-order chi connectivity index (χ1) is 14.9. The minimum atomic E-state index is 1.28. The Bertz CT molecular complexity index is 461. The van der Waals surface area contributed by atoms with Gasteiger partial charge in [0.25, 0.3) is 0 Å². The molecule has 0 saturated heterocycles.